The van der Waals surface area contributed by atoms with Gasteiger partial charge in [0.25, 0.3) is 0 Å². The molecule has 0 spiro atoms. The summed E-state index contributed by atoms with van der Waals surface area (Å²) >= 11 is 0. The molecule has 1 aliphatic carbocycles. The molecule has 2 fully saturated rings. The lowest BCUT2D eigenvalue weighted by atomic mass is 9.86. The Labute approximate surface area is 118 Å². The number of likely N-dealkylation sites (tertiary alicyclic amines) is 1. The first kappa shape index (κ1) is 13.5. The number of hydrogen-bond acceptors (Lipinski definition) is 4. The minimum Gasteiger partial charge on any atom is -0.393 e. The fraction of sp³-hybridized carbons (Fsp3) is 0.786. The summed E-state index contributed by atoms with van der Waals surface area (Å²) in [5, 5.41) is 17.4. The van der Waals surface area contributed by atoms with Crippen molar-refractivity contribution in [2.75, 3.05) is 13.1 Å². The van der Waals surface area contributed by atoms with Crippen LogP contribution >= 0.6 is 0 Å². The van der Waals surface area contributed by atoms with E-state index >= 15 is 0 Å². The van der Waals surface area contributed by atoms with Crippen LogP contribution in [0.3, 0.4) is 0 Å². The molecule has 20 heavy (non-hydrogen) atoms. The molecule has 0 unspecified atom stereocenters. The molecule has 1 aromatic heterocycles. The van der Waals surface area contributed by atoms with Crippen LogP contribution in [-0.2, 0) is 4.79 Å². The standard InChI is InChI=1S/C14H22N4O2/c19-13-3-1-2-11(8-13)14(20)17-6-4-12(5-7-17)18-9-15-16-10-18/h9-13,19H,1-8H2/t11-,13+/m1/s1. The molecule has 2 aliphatic rings. The smallest absolute Gasteiger partial charge is 0.225 e. The van der Waals surface area contributed by atoms with Gasteiger partial charge in [-0.3, -0.25) is 4.79 Å². The van der Waals surface area contributed by atoms with E-state index in [1.165, 1.54) is 0 Å². The lowest BCUT2D eigenvalue weighted by Crippen LogP contribution is -2.43. The van der Waals surface area contributed by atoms with Gasteiger partial charge in [-0.15, -0.1) is 10.2 Å². The van der Waals surface area contributed by atoms with Crippen molar-refractivity contribution in [1.29, 1.82) is 0 Å². The number of nitrogens with zero attached hydrogens (tertiary/aromatic N) is 4. The Hall–Kier alpha value is -1.43. The summed E-state index contributed by atoms with van der Waals surface area (Å²) in [6, 6.07) is 0.408. The quantitative estimate of drug-likeness (QED) is 0.876. The highest BCUT2D eigenvalue weighted by Gasteiger charge is 2.31. The van der Waals surface area contributed by atoms with Gasteiger partial charge in [-0.25, -0.2) is 0 Å². The summed E-state index contributed by atoms with van der Waals surface area (Å²) in [6.45, 7) is 1.60. The largest absolute Gasteiger partial charge is 0.393 e. The minimum atomic E-state index is -0.285. The summed E-state index contributed by atoms with van der Waals surface area (Å²) in [6.07, 6.45) is 8.52. The van der Waals surface area contributed by atoms with Gasteiger partial charge in [0.2, 0.25) is 5.91 Å². The third-order valence-electron chi connectivity index (χ3n) is 4.63. The zero-order chi connectivity index (χ0) is 13.9. The molecule has 1 amide bonds. The van der Waals surface area contributed by atoms with Gasteiger partial charge >= 0.3 is 0 Å². The van der Waals surface area contributed by atoms with E-state index in [0.29, 0.717) is 12.5 Å². The van der Waals surface area contributed by atoms with Crippen LogP contribution in [-0.4, -0.2) is 49.9 Å². The molecule has 2 atom stereocenters. The lowest BCUT2D eigenvalue weighted by Gasteiger charge is -2.36. The van der Waals surface area contributed by atoms with E-state index in [4.69, 9.17) is 0 Å². The molecule has 6 nitrogen and oxygen atoms in total. The van der Waals surface area contributed by atoms with E-state index in [0.717, 1.165) is 45.2 Å². The van der Waals surface area contributed by atoms with Crippen molar-refractivity contribution in [3.63, 3.8) is 0 Å². The lowest BCUT2D eigenvalue weighted by molar-refractivity contribution is -0.139. The number of aromatic nitrogens is 3. The van der Waals surface area contributed by atoms with E-state index in [1.807, 2.05) is 9.47 Å². The maximum Gasteiger partial charge on any atom is 0.225 e. The van der Waals surface area contributed by atoms with Crippen LogP contribution in [0.4, 0.5) is 0 Å². The normalized spacial score (nSPS) is 28.6. The van der Waals surface area contributed by atoms with Gasteiger partial charge in [0.05, 0.1) is 6.10 Å². The molecule has 3 rings (SSSR count). The fourth-order valence-corrected chi connectivity index (χ4v) is 3.43. The summed E-state index contributed by atoms with van der Waals surface area (Å²) in [7, 11) is 0. The molecule has 6 heteroatoms. The van der Waals surface area contributed by atoms with E-state index < -0.39 is 0 Å². The molecule has 0 radical (unpaired) electrons. The molecule has 1 aliphatic heterocycles. The predicted molar refractivity (Wildman–Crippen MR) is 72.8 cm³/mol. The Balaban J connectivity index is 1.53. The van der Waals surface area contributed by atoms with Gasteiger partial charge in [0.1, 0.15) is 12.7 Å². The van der Waals surface area contributed by atoms with Crippen LogP contribution in [0.15, 0.2) is 12.7 Å². The van der Waals surface area contributed by atoms with Crippen LogP contribution in [0.5, 0.6) is 0 Å². The van der Waals surface area contributed by atoms with E-state index in [9.17, 15) is 9.90 Å². The third kappa shape index (κ3) is 2.85. The summed E-state index contributed by atoms with van der Waals surface area (Å²) in [4.78, 5) is 14.5. The van der Waals surface area contributed by atoms with E-state index in [1.54, 1.807) is 12.7 Å². The summed E-state index contributed by atoms with van der Waals surface area (Å²) in [5.41, 5.74) is 0. The third-order valence-corrected chi connectivity index (χ3v) is 4.63. The highest BCUT2D eigenvalue weighted by molar-refractivity contribution is 5.79. The first-order chi connectivity index (χ1) is 9.74. The van der Waals surface area contributed by atoms with Crippen LogP contribution in [0, 0.1) is 5.92 Å². The highest BCUT2D eigenvalue weighted by Crippen LogP contribution is 2.28. The number of piperidine rings is 1. The monoisotopic (exact) mass is 278 g/mol. The number of aliphatic hydroxyl groups is 1. The number of aliphatic hydroxyl groups excluding tert-OH is 1. The van der Waals surface area contributed by atoms with Crippen LogP contribution < -0.4 is 0 Å². The van der Waals surface area contributed by atoms with Gasteiger partial charge in [0.15, 0.2) is 0 Å². The van der Waals surface area contributed by atoms with E-state index in [-0.39, 0.29) is 17.9 Å². The Morgan fingerprint density at radius 2 is 1.80 bits per heavy atom. The number of carbonyl (C=O) groups excluding carboxylic acids is 1. The summed E-state index contributed by atoms with van der Waals surface area (Å²) < 4.78 is 2.03. The zero-order valence-electron chi connectivity index (χ0n) is 11.7. The molecule has 1 N–H and O–H groups in total. The Kier molecular flexibility index (Phi) is 4.00. The van der Waals surface area contributed by atoms with Gasteiger partial charge in [-0.05, 0) is 32.1 Å². The van der Waals surface area contributed by atoms with Crippen LogP contribution in [0.2, 0.25) is 0 Å². The Morgan fingerprint density at radius 1 is 1.10 bits per heavy atom. The van der Waals surface area contributed by atoms with Crippen molar-refractivity contribution in [3.05, 3.63) is 12.7 Å². The van der Waals surface area contributed by atoms with Gasteiger partial charge < -0.3 is 14.6 Å². The molecule has 1 saturated heterocycles. The number of amides is 1. The molecule has 0 aromatic carbocycles. The van der Waals surface area contributed by atoms with Crippen LogP contribution in [0.25, 0.3) is 0 Å². The van der Waals surface area contributed by atoms with Crippen molar-refractivity contribution in [2.24, 2.45) is 5.92 Å². The molecule has 0 bridgehead atoms. The van der Waals surface area contributed by atoms with Crippen molar-refractivity contribution in [2.45, 2.75) is 50.7 Å². The molecule has 2 heterocycles. The highest BCUT2D eigenvalue weighted by atomic mass is 16.3. The maximum atomic E-state index is 12.5. The second-order valence-corrected chi connectivity index (χ2v) is 5.98. The Morgan fingerprint density at radius 3 is 2.45 bits per heavy atom. The second kappa shape index (κ2) is 5.91. The van der Waals surface area contributed by atoms with Gasteiger partial charge in [0, 0.05) is 25.0 Å². The van der Waals surface area contributed by atoms with Gasteiger partial charge in [-0.1, -0.05) is 6.42 Å². The number of hydrogen-bond donors (Lipinski definition) is 1. The average Bonchev–Trinajstić information content (AvgIpc) is 3.01. The number of carbonyl (C=O) groups is 1. The molecule has 1 aromatic rings. The molecule has 1 saturated carbocycles. The van der Waals surface area contributed by atoms with Crippen molar-refractivity contribution < 1.29 is 9.90 Å². The topological polar surface area (TPSA) is 71.2 Å². The summed E-state index contributed by atoms with van der Waals surface area (Å²) in [5.74, 6) is 0.274. The maximum absolute atomic E-state index is 12.5. The molecule has 110 valence electrons. The minimum absolute atomic E-state index is 0.0326. The second-order valence-electron chi connectivity index (χ2n) is 5.98. The Bertz CT molecular complexity index is 440. The first-order valence-electron chi connectivity index (χ1n) is 7.55. The fourth-order valence-electron chi connectivity index (χ4n) is 3.43. The van der Waals surface area contributed by atoms with E-state index in [2.05, 4.69) is 10.2 Å². The first-order valence-corrected chi connectivity index (χ1v) is 7.55. The van der Waals surface area contributed by atoms with Crippen molar-refractivity contribution >= 4 is 5.91 Å². The average molecular weight is 278 g/mol. The molecular formula is C14H22N4O2. The van der Waals surface area contributed by atoms with Crippen molar-refractivity contribution in [1.82, 2.24) is 19.7 Å². The zero-order valence-corrected chi connectivity index (χ0v) is 11.7. The number of rotatable bonds is 2. The SMILES string of the molecule is O=C([C@@H]1CCC[C@H](O)C1)N1CCC(n2cnnc2)CC1. The van der Waals surface area contributed by atoms with Crippen LogP contribution in [0.1, 0.15) is 44.6 Å². The van der Waals surface area contributed by atoms with Gasteiger partial charge in [-0.2, -0.15) is 0 Å². The van der Waals surface area contributed by atoms with Crippen molar-refractivity contribution in [3.8, 4) is 0 Å². The predicted octanol–water partition coefficient (Wildman–Crippen LogP) is 0.993. The molecular weight excluding hydrogens is 256 g/mol.